The van der Waals surface area contributed by atoms with Crippen molar-refractivity contribution in [2.24, 2.45) is 0 Å². The molecular formula is C80H66BBr3Cl5N7O21S2. The van der Waals surface area contributed by atoms with Crippen LogP contribution in [-0.2, 0) is 49.6 Å². The Morgan fingerprint density at radius 1 is 0.445 bits per heavy atom. The van der Waals surface area contributed by atoms with Crippen LogP contribution in [0.5, 0.6) is 40.2 Å². The van der Waals surface area contributed by atoms with Crippen molar-refractivity contribution in [3.63, 3.8) is 0 Å². The number of nitriles is 2. The third kappa shape index (κ3) is 25.2. The normalized spacial score (nSPS) is 11.3. The molecule has 9 aromatic carbocycles. The summed E-state index contributed by atoms with van der Waals surface area (Å²) in [5, 5.41) is 69.2. The number of aromatic nitrogens is 4. The molecule has 0 bridgehead atoms. The molecule has 0 spiro atoms. The van der Waals surface area contributed by atoms with Gasteiger partial charge >= 0.3 is 23.4 Å². The summed E-state index contributed by atoms with van der Waals surface area (Å²) >= 11 is 38.9. The highest BCUT2D eigenvalue weighted by atomic mass is 79.9. The van der Waals surface area contributed by atoms with Gasteiger partial charge in [-0.2, -0.15) is 31.8 Å². The van der Waals surface area contributed by atoms with Gasteiger partial charge in [-0.3, -0.25) is 47.0 Å². The van der Waals surface area contributed by atoms with Crippen LogP contribution in [0.15, 0.2) is 226 Å². The minimum Gasteiger partial charge on any atom is -0.508 e. The van der Waals surface area contributed by atoms with E-state index in [1.807, 2.05) is 42.5 Å². The number of aromatic hydroxyl groups is 2. The Kier molecular flexibility index (Phi) is 34.7. The molecule has 1 fully saturated rings. The van der Waals surface area contributed by atoms with Gasteiger partial charge in [0.1, 0.15) is 34.8 Å². The largest absolute Gasteiger partial charge is 0.508 e. The second-order valence-corrected chi connectivity index (χ2v) is 36.1. The van der Waals surface area contributed by atoms with E-state index in [0.717, 1.165) is 17.5 Å². The molecule has 13 aromatic rings. The number of hydrogen-bond donors (Lipinski definition) is 5. The van der Waals surface area contributed by atoms with Gasteiger partial charge in [-0.25, -0.2) is 0 Å². The van der Waals surface area contributed by atoms with Gasteiger partial charge < -0.3 is 53.6 Å². The second kappa shape index (κ2) is 43.3. The van der Waals surface area contributed by atoms with E-state index in [2.05, 4.69) is 47.3 Å². The molecule has 1 saturated heterocycles. The van der Waals surface area contributed by atoms with E-state index in [1.54, 1.807) is 124 Å². The Bertz CT molecular complexity index is 6470. The number of amides is 2. The first-order valence-corrected chi connectivity index (χ1v) is 42.0. The third-order valence-electron chi connectivity index (χ3n) is 16.5. The molecule has 5 heterocycles. The molecule has 2 amide bonds. The number of rotatable bonds is 14. The van der Waals surface area contributed by atoms with Crippen molar-refractivity contribution in [3.8, 4) is 75.1 Å². The minimum atomic E-state index is -3.90. The smallest absolute Gasteiger partial charge is 0.369 e. The summed E-state index contributed by atoms with van der Waals surface area (Å²) in [6.45, 7) is -0.909. The van der Waals surface area contributed by atoms with Crippen LogP contribution in [0.4, 0.5) is 0 Å². The van der Waals surface area contributed by atoms with Crippen LogP contribution in [0.3, 0.4) is 0 Å². The number of phenols is 2. The van der Waals surface area contributed by atoms with Gasteiger partial charge in [0.25, 0.3) is 22.2 Å². The van der Waals surface area contributed by atoms with E-state index in [1.165, 1.54) is 92.5 Å². The fourth-order valence-electron chi connectivity index (χ4n) is 11.2. The Hall–Kier alpha value is -10.8. The van der Waals surface area contributed by atoms with E-state index < -0.39 is 36.9 Å². The number of aliphatic hydroxyl groups excluding tert-OH is 3. The first-order valence-electron chi connectivity index (χ1n) is 33.8. The number of imide groups is 1. The van der Waals surface area contributed by atoms with E-state index >= 15 is 0 Å². The van der Waals surface area contributed by atoms with Crippen LogP contribution in [0.25, 0.3) is 65.8 Å². The summed E-state index contributed by atoms with van der Waals surface area (Å²) in [7, 11) is -3.11. The molecule has 1 aliphatic heterocycles. The lowest BCUT2D eigenvalue weighted by molar-refractivity contribution is -0.132. The number of ether oxygens (including phenoxy) is 3. The van der Waals surface area contributed by atoms with Gasteiger partial charge in [-0.1, -0.05) is 64.6 Å². The number of carbonyl (C=O) groups is 2. The Labute approximate surface area is 728 Å². The quantitative estimate of drug-likeness (QED) is 0.0292. The highest BCUT2D eigenvalue weighted by Crippen LogP contribution is 2.35. The SMILES string of the molecule is BrB(Br)Br.COc1ccc(-n2cc(Cl)c3cc(CO)cc(C#N)c3c2=O)cc1.COc1ccc(-n2cc(Cl)c3cc(CO)cc(OS(C)(=O)=O)c3c2=O)cc1.COc1ccc(-n2ccc3cc(CO)cc(OS(C)(=O)=O)c3c2=O)cc1.Clc1ccccc1.N#Cc1cc(O)cc2c(Cl)cn(-c3ccc(O)cc3)c(=O)c12.O.O=C1CCC(=O)N1Cl. The highest BCUT2D eigenvalue weighted by molar-refractivity contribution is 9.69. The summed E-state index contributed by atoms with van der Waals surface area (Å²) in [6, 6.07) is 53.0. The zero-order valence-electron chi connectivity index (χ0n) is 62.6. The van der Waals surface area contributed by atoms with Gasteiger partial charge in [-0.05, 0) is 186 Å². The first-order chi connectivity index (χ1) is 56.0. The molecule has 0 unspecified atom stereocenters. The van der Waals surface area contributed by atoms with Crippen LogP contribution in [-0.4, -0.2) is 119 Å². The van der Waals surface area contributed by atoms with Gasteiger partial charge in [0.15, 0.2) is 11.5 Å². The Morgan fingerprint density at radius 2 is 0.782 bits per heavy atom. The Balaban J connectivity index is 0.000000203. The summed E-state index contributed by atoms with van der Waals surface area (Å²) in [5.41, 5.74) is 2.07. The number of aliphatic hydroxyl groups is 3. The van der Waals surface area contributed by atoms with Crippen LogP contribution < -0.4 is 44.8 Å². The Morgan fingerprint density at radius 3 is 1.13 bits per heavy atom. The summed E-state index contributed by atoms with van der Waals surface area (Å²) in [4.78, 5) is 72.3. The number of methoxy groups -OCH3 is 3. The number of phenolic OH excluding ortho intramolecular Hbond substituents is 2. The third-order valence-corrected chi connectivity index (χ3v) is 19.0. The average molecular weight is 1950 g/mol. The van der Waals surface area contributed by atoms with E-state index in [4.69, 9.17) is 80.8 Å². The van der Waals surface area contributed by atoms with Crippen LogP contribution in [0.1, 0.15) is 40.7 Å². The number of fused-ring (bicyclic) bond motifs is 4. The van der Waals surface area contributed by atoms with Gasteiger partial charge in [-0.15, -0.1) is 47.3 Å². The standard InChI is InChI=1S/C18H13ClN2O3.C18H16ClNO6S.C18H17NO6S.C16H9ClN2O3.C6H5Cl.C4H4ClNO2.BBr3.H2O/c1-24-14-4-2-13(3-5-14)21-9-16(19)15-7-11(10-22)6-12(8-20)17(15)18(21)23;1-25-13-5-3-12(4-6-13)20-9-15(19)14-7-11(10-21)8-16(17(14)18(20)22)26-27(2,23)24;1-24-15-5-3-14(4-6-15)19-8-7-13-9-12(11-20)10-16(17(13)18(19)21)25-26(2,22)23;17-14-8-19(10-1-3-11(20)4-2-10)16(22)15-9(7-18)5-12(21)6-13(14)15;7-6-4-2-1-3-5-6;5-6-3(7)1-2-4(6)8;2-1(3)4;/h2-7,9,22H,10H2,1H3;3-9,21H,10H2,1-2H3;3-10,20H,11H2,1-2H3;1-6,8,20-21H;1-5H;1-2H2;;1H2. The lowest BCUT2D eigenvalue weighted by Gasteiger charge is -2.13. The molecular weight excluding hydrogens is 1890 g/mol. The van der Waals surface area contributed by atoms with Crippen molar-refractivity contribution in [3.05, 3.63) is 296 Å². The molecule has 39 heteroatoms. The van der Waals surface area contributed by atoms with E-state index in [-0.39, 0.29) is 130 Å². The van der Waals surface area contributed by atoms with Gasteiger partial charge in [0.2, 0.25) is 11.8 Å². The molecule has 28 nitrogen and oxygen atoms in total. The molecule has 14 rings (SSSR count). The molecule has 0 atom stereocenters. The zero-order valence-corrected chi connectivity index (χ0v) is 72.7. The molecule has 4 aromatic heterocycles. The summed E-state index contributed by atoms with van der Waals surface area (Å²) < 4.78 is 78.0. The molecule has 0 saturated carbocycles. The van der Waals surface area contributed by atoms with E-state index in [0.29, 0.717) is 82.3 Å². The molecule has 119 heavy (non-hydrogen) atoms. The maximum absolute atomic E-state index is 13.1. The number of halogens is 8. The fourth-order valence-corrected chi connectivity index (χ4v) is 13.2. The highest BCUT2D eigenvalue weighted by Gasteiger charge is 2.27. The minimum absolute atomic E-state index is 0. The fraction of sp³-hybridized carbons (Fsp3) is 0.125. The monoisotopic (exact) mass is 1950 g/mol. The predicted octanol–water partition coefficient (Wildman–Crippen LogP) is 14.2. The van der Waals surface area contributed by atoms with Crippen molar-refractivity contribution in [1.82, 2.24) is 22.7 Å². The van der Waals surface area contributed by atoms with Crippen molar-refractivity contribution in [2.45, 2.75) is 32.7 Å². The molecule has 1 aliphatic rings. The molecule has 7 N–H and O–H groups in total. The summed E-state index contributed by atoms with van der Waals surface area (Å²) in [6.07, 6.45) is 8.24. The van der Waals surface area contributed by atoms with Crippen molar-refractivity contribution in [1.29, 1.82) is 10.5 Å². The maximum Gasteiger partial charge on any atom is 0.369 e. The maximum atomic E-state index is 13.1. The van der Waals surface area contributed by atoms with Crippen molar-refractivity contribution < 1.29 is 80.0 Å². The van der Waals surface area contributed by atoms with E-state index in [9.17, 15) is 81.7 Å². The second-order valence-electron chi connectivity index (χ2n) is 24.5. The zero-order chi connectivity index (χ0) is 86.6. The first kappa shape index (κ1) is 95.4. The topological polar surface area (TPSA) is 420 Å². The number of nitrogens with zero attached hydrogens (tertiary/aromatic N) is 7. The molecule has 0 aliphatic carbocycles. The number of hydrogen-bond acceptors (Lipinski definition) is 22. The van der Waals surface area contributed by atoms with Crippen LogP contribution >= 0.6 is 105 Å². The lowest BCUT2D eigenvalue weighted by atomic mass is 10.0. The number of carbonyl (C=O) groups excluding carboxylic acids is 2. The average Bonchev–Trinajstić information content (AvgIpc) is 0.933. The molecule has 0 radical (unpaired) electrons. The number of pyridine rings is 4. The summed E-state index contributed by atoms with van der Waals surface area (Å²) in [5.74, 6) is 0.996. The predicted molar refractivity (Wildman–Crippen MR) is 469 cm³/mol. The number of benzene rings is 9. The van der Waals surface area contributed by atoms with Crippen molar-refractivity contribution >= 4 is 184 Å². The van der Waals surface area contributed by atoms with Crippen LogP contribution in [0, 0.1) is 22.7 Å². The van der Waals surface area contributed by atoms with Crippen molar-refractivity contribution in [2.75, 3.05) is 33.8 Å². The van der Waals surface area contributed by atoms with Crippen LogP contribution in [0.2, 0.25) is 20.1 Å². The lowest BCUT2D eigenvalue weighted by Crippen LogP contribution is -2.20. The van der Waals surface area contributed by atoms with Gasteiger partial charge in [0.05, 0.1) is 107 Å². The van der Waals surface area contributed by atoms with Gasteiger partial charge in [0, 0.05) is 93.3 Å². The molecule has 618 valence electrons.